The van der Waals surface area contributed by atoms with Crippen molar-refractivity contribution >= 4 is 0 Å². The van der Waals surface area contributed by atoms with E-state index >= 15 is 0 Å². The third-order valence-electron chi connectivity index (χ3n) is 3.51. The predicted molar refractivity (Wildman–Crippen MR) is 62.6 cm³/mol. The molecule has 0 aromatic carbocycles. The van der Waals surface area contributed by atoms with Crippen LogP contribution in [0.4, 0.5) is 0 Å². The molecule has 1 saturated carbocycles. The predicted octanol–water partition coefficient (Wildman–Crippen LogP) is 2.67. The van der Waals surface area contributed by atoms with E-state index in [0.29, 0.717) is 6.04 Å². The van der Waals surface area contributed by atoms with E-state index in [1.807, 2.05) is 12.3 Å². The lowest BCUT2D eigenvalue weighted by Gasteiger charge is -2.17. The summed E-state index contributed by atoms with van der Waals surface area (Å²) in [5.74, 6) is 0.828. The van der Waals surface area contributed by atoms with Crippen LogP contribution in [0, 0.1) is 12.8 Å². The van der Waals surface area contributed by atoms with Crippen LogP contribution in [0.15, 0.2) is 18.3 Å². The van der Waals surface area contributed by atoms with Gasteiger partial charge < -0.3 is 5.32 Å². The Hall–Kier alpha value is -0.890. The van der Waals surface area contributed by atoms with Gasteiger partial charge in [0.1, 0.15) is 0 Å². The van der Waals surface area contributed by atoms with Crippen molar-refractivity contribution in [1.29, 1.82) is 0 Å². The molecule has 1 aromatic heterocycles. The van der Waals surface area contributed by atoms with Crippen molar-refractivity contribution in [2.75, 3.05) is 0 Å². The Balaban J connectivity index is 1.90. The van der Waals surface area contributed by atoms with Crippen molar-refractivity contribution < 1.29 is 0 Å². The summed E-state index contributed by atoms with van der Waals surface area (Å²) >= 11 is 0. The van der Waals surface area contributed by atoms with E-state index in [9.17, 15) is 0 Å². The van der Waals surface area contributed by atoms with Crippen LogP contribution in [-0.2, 0) is 6.54 Å². The molecule has 0 spiro atoms. The van der Waals surface area contributed by atoms with Gasteiger partial charge in [-0.05, 0) is 37.3 Å². The van der Waals surface area contributed by atoms with Crippen LogP contribution in [0.2, 0.25) is 0 Å². The van der Waals surface area contributed by atoms with Crippen molar-refractivity contribution in [2.24, 2.45) is 5.92 Å². The number of nitrogens with zero attached hydrogens (tertiary/aromatic N) is 1. The Bertz CT molecular complexity index is 322. The number of pyridine rings is 1. The van der Waals surface area contributed by atoms with E-state index < -0.39 is 0 Å². The Labute approximate surface area is 92.1 Å². The van der Waals surface area contributed by atoms with Crippen molar-refractivity contribution in [3.63, 3.8) is 0 Å². The maximum Gasteiger partial charge on any atom is 0.0570 e. The SMILES string of the molecule is Cc1cccnc1CNC1CCCC1C. The normalized spacial score (nSPS) is 25.7. The zero-order chi connectivity index (χ0) is 10.7. The second-order valence-electron chi connectivity index (χ2n) is 4.66. The van der Waals surface area contributed by atoms with E-state index in [0.717, 1.165) is 12.5 Å². The Morgan fingerprint density at radius 1 is 1.47 bits per heavy atom. The summed E-state index contributed by atoms with van der Waals surface area (Å²) in [6, 6.07) is 4.82. The fraction of sp³-hybridized carbons (Fsp3) is 0.615. The molecule has 0 aliphatic heterocycles. The molecule has 2 rings (SSSR count). The fourth-order valence-electron chi connectivity index (χ4n) is 2.38. The lowest BCUT2D eigenvalue weighted by molar-refractivity contribution is 0.423. The van der Waals surface area contributed by atoms with Crippen molar-refractivity contribution in [3.05, 3.63) is 29.6 Å². The molecule has 2 atom stereocenters. The molecule has 2 nitrogen and oxygen atoms in total. The smallest absolute Gasteiger partial charge is 0.0570 e. The first-order valence-electron chi connectivity index (χ1n) is 5.91. The molecular formula is C13H20N2. The van der Waals surface area contributed by atoms with E-state index in [1.165, 1.54) is 30.5 Å². The molecule has 2 unspecified atom stereocenters. The summed E-state index contributed by atoms with van der Waals surface area (Å²) in [6.07, 6.45) is 5.95. The topological polar surface area (TPSA) is 24.9 Å². The van der Waals surface area contributed by atoms with Gasteiger partial charge in [0.15, 0.2) is 0 Å². The standard InChI is InChI=1S/C13H20N2/c1-10-5-3-7-12(10)15-9-13-11(2)6-4-8-14-13/h4,6,8,10,12,15H,3,5,7,9H2,1-2H3. The second-order valence-corrected chi connectivity index (χ2v) is 4.66. The molecule has 15 heavy (non-hydrogen) atoms. The third-order valence-corrected chi connectivity index (χ3v) is 3.51. The molecule has 2 heteroatoms. The van der Waals surface area contributed by atoms with Crippen LogP contribution >= 0.6 is 0 Å². The molecule has 1 aliphatic carbocycles. The summed E-state index contributed by atoms with van der Waals surface area (Å²) in [5.41, 5.74) is 2.48. The highest BCUT2D eigenvalue weighted by Crippen LogP contribution is 2.24. The molecule has 1 aromatic rings. The first-order chi connectivity index (χ1) is 7.27. The minimum absolute atomic E-state index is 0.700. The van der Waals surface area contributed by atoms with Crippen LogP contribution in [0.1, 0.15) is 37.4 Å². The highest BCUT2D eigenvalue weighted by molar-refractivity contribution is 5.17. The monoisotopic (exact) mass is 204 g/mol. The highest BCUT2D eigenvalue weighted by Gasteiger charge is 2.22. The molecule has 0 amide bonds. The molecule has 0 saturated heterocycles. The zero-order valence-electron chi connectivity index (χ0n) is 9.66. The number of hydrogen-bond donors (Lipinski definition) is 1. The highest BCUT2D eigenvalue weighted by atomic mass is 14.9. The lowest BCUT2D eigenvalue weighted by Crippen LogP contribution is -2.31. The average molecular weight is 204 g/mol. The van der Waals surface area contributed by atoms with Gasteiger partial charge in [-0.15, -0.1) is 0 Å². The Morgan fingerprint density at radius 2 is 2.33 bits per heavy atom. The number of hydrogen-bond acceptors (Lipinski definition) is 2. The summed E-state index contributed by atoms with van der Waals surface area (Å²) in [7, 11) is 0. The second kappa shape index (κ2) is 4.75. The number of aryl methyl sites for hydroxylation is 1. The van der Waals surface area contributed by atoms with Crippen molar-refractivity contribution in [3.8, 4) is 0 Å². The fourth-order valence-corrected chi connectivity index (χ4v) is 2.38. The van der Waals surface area contributed by atoms with Gasteiger partial charge in [-0.3, -0.25) is 4.98 Å². The van der Waals surface area contributed by atoms with Gasteiger partial charge in [0.2, 0.25) is 0 Å². The first-order valence-corrected chi connectivity index (χ1v) is 5.91. The largest absolute Gasteiger partial charge is 0.308 e. The van der Waals surface area contributed by atoms with Gasteiger partial charge in [-0.2, -0.15) is 0 Å². The molecule has 82 valence electrons. The Morgan fingerprint density at radius 3 is 3.00 bits per heavy atom. The van der Waals surface area contributed by atoms with Gasteiger partial charge in [-0.1, -0.05) is 19.4 Å². The minimum atomic E-state index is 0.700. The quantitative estimate of drug-likeness (QED) is 0.818. The van der Waals surface area contributed by atoms with E-state index in [4.69, 9.17) is 0 Å². The van der Waals surface area contributed by atoms with Gasteiger partial charge >= 0.3 is 0 Å². The van der Waals surface area contributed by atoms with E-state index in [2.05, 4.69) is 30.2 Å². The number of nitrogens with one attached hydrogen (secondary N) is 1. The molecule has 1 N–H and O–H groups in total. The van der Waals surface area contributed by atoms with E-state index in [1.54, 1.807) is 0 Å². The van der Waals surface area contributed by atoms with Gasteiger partial charge in [0.05, 0.1) is 5.69 Å². The summed E-state index contributed by atoms with van der Waals surface area (Å²) in [5, 5.41) is 3.63. The first kappa shape index (κ1) is 10.6. The number of rotatable bonds is 3. The number of aromatic nitrogens is 1. The van der Waals surface area contributed by atoms with Crippen LogP contribution < -0.4 is 5.32 Å². The van der Waals surface area contributed by atoms with Crippen molar-refractivity contribution in [2.45, 2.75) is 45.7 Å². The zero-order valence-corrected chi connectivity index (χ0v) is 9.66. The van der Waals surface area contributed by atoms with Gasteiger partial charge in [-0.25, -0.2) is 0 Å². The molecule has 1 aliphatic rings. The van der Waals surface area contributed by atoms with Gasteiger partial charge in [0, 0.05) is 18.8 Å². The van der Waals surface area contributed by atoms with Crippen LogP contribution in [0.5, 0.6) is 0 Å². The Kier molecular flexibility index (Phi) is 3.37. The maximum atomic E-state index is 4.40. The maximum absolute atomic E-state index is 4.40. The summed E-state index contributed by atoms with van der Waals surface area (Å²) in [4.78, 5) is 4.40. The molecule has 0 bridgehead atoms. The molecule has 1 fully saturated rings. The summed E-state index contributed by atoms with van der Waals surface area (Å²) < 4.78 is 0. The average Bonchev–Trinajstić information content (AvgIpc) is 2.63. The molecule has 1 heterocycles. The minimum Gasteiger partial charge on any atom is -0.308 e. The molecular weight excluding hydrogens is 184 g/mol. The summed E-state index contributed by atoms with van der Waals surface area (Å²) in [6.45, 7) is 5.39. The lowest BCUT2D eigenvalue weighted by atomic mass is 10.1. The van der Waals surface area contributed by atoms with Crippen molar-refractivity contribution in [1.82, 2.24) is 10.3 Å². The van der Waals surface area contributed by atoms with Crippen LogP contribution in [-0.4, -0.2) is 11.0 Å². The third kappa shape index (κ3) is 2.57. The molecule has 0 radical (unpaired) electrons. The van der Waals surface area contributed by atoms with Gasteiger partial charge in [0.25, 0.3) is 0 Å². The van der Waals surface area contributed by atoms with Crippen LogP contribution in [0.25, 0.3) is 0 Å². The van der Waals surface area contributed by atoms with Crippen LogP contribution in [0.3, 0.4) is 0 Å². The van der Waals surface area contributed by atoms with E-state index in [-0.39, 0.29) is 0 Å².